The van der Waals surface area contributed by atoms with Crippen molar-refractivity contribution in [2.45, 2.75) is 13.5 Å². The number of amides is 2. The Kier molecular flexibility index (Phi) is 6.59. The summed E-state index contributed by atoms with van der Waals surface area (Å²) in [4.78, 5) is 23.2. The molecule has 0 saturated carbocycles. The van der Waals surface area contributed by atoms with Crippen LogP contribution in [0.1, 0.15) is 11.1 Å². The molecule has 8 nitrogen and oxygen atoms in total. The minimum absolute atomic E-state index is 0.276. The smallest absolute Gasteiger partial charge is 0.323 e. The number of hydrogen-bond acceptors (Lipinski definition) is 6. The Hall–Kier alpha value is -3.65. The van der Waals surface area contributed by atoms with Gasteiger partial charge in [-0.15, -0.1) is 0 Å². The number of nitrogens with zero attached hydrogens (tertiary/aromatic N) is 3. The molecule has 0 spiro atoms. The molecule has 0 unspecified atom stereocenters. The lowest BCUT2D eigenvalue weighted by Gasteiger charge is -2.27. The highest BCUT2D eigenvalue weighted by Gasteiger charge is 2.13. The van der Waals surface area contributed by atoms with Crippen molar-refractivity contribution in [3.8, 4) is 0 Å². The van der Waals surface area contributed by atoms with Crippen LogP contribution in [0.4, 0.5) is 27.8 Å². The minimum Gasteiger partial charge on any atom is -0.378 e. The average Bonchev–Trinajstić information content (AvgIpc) is 2.79. The molecule has 1 aliphatic rings. The van der Waals surface area contributed by atoms with Crippen molar-refractivity contribution in [3.63, 3.8) is 0 Å². The van der Waals surface area contributed by atoms with Gasteiger partial charge in [-0.1, -0.05) is 24.3 Å². The lowest BCUT2D eigenvalue weighted by atomic mass is 10.2. The standard InChI is InChI=1S/C23H26N6O2/c1-17-4-2-6-19(12-17)27-23(30)28-20-7-3-5-18(13-20)15-24-21-14-22(26-16-25-21)29-8-10-31-11-9-29/h2-7,12-14,16H,8-11,15H2,1H3,(H,24,25,26)(H2,27,28,30). The molecule has 1 aliphatic heterocycles. The highest BCUT2D eigenvalue weighted by atomic mass is 16.5. The van der Waals surface area contributed by atoms with Gasteiger partial charge in [-0.2, -0.15) is 0 Å². The van der Waals surface area contributed by atoms with E-state index in [9.17, 15) is 4.79 Å². The van der Waals surface area contributed by atoms with Crippen molar-refractivity contribution in [3.05, 3.63) is 72.1 Å². The van der Waals surface area contributed by atoms with Crippen molar-refractivity contribution >= 4 is 29.0 Å². The molecule has 0 radical (unpaired) electrons. The van der Waals surface area contributed by atoms with Crippen LogP contribution in [0.25, 0.3) is 0 Å². The summed E-state index contributed by atoms with van der Waals surface area (Å²) in [5.41, 5.74) is 3.60. The summed E-state index contributed by atoms with van der Waals surface area (Å²) in [5.74, 6) is 1.65. The van der Waals surface area contributed by atoms with Crippen LogP contribution in [0, 0.1) is 6.92 Å². The Balaban J connectivity index is 1.34. The third-order valence-electron chi connectivity index (χ3n) is 4.92. The summed E-state index contributed by atoms with van der Waals surface area (Å²) in [5, 5.41) is 9.06. The van der Waals surface area contributed by atoms with E-state index in [-0.39, 0.29) is 6.03 Å². The first-order valence-electron chi connectivity index (χ1n) is 10.3. The Labute approximate surface area is 181 Å². The monoisotopic (exact) mass is 418 g/mol. The maximum absolute atomic E-state index is 12.3. The fourth-order valence-electron chi connectivity index (χ4n) is 3.38. The molecular weight excluding hydrogens is 392 g/mol. The fraction of sp³-hybridized carbons (Fsp3) is 0.261. The van der Waals surface area contributed by atoms with Gasteiger partial charge in [0, 0.05) is 37.1 Å². The van der Waals surface area contributed by atoms with Crippen LogP contribution in [0.2, 0.25) is 0 Å². The number of aryl methyl sites for hydroxylation is 1. The second-order valence-corrected chi connectivity index (χ2v) is 7.36. The van der Waals surface area contributed by atoms with Crippen LogP contribution >= 0.6 is 0 Å². The molecule has 3 aromatic rings. The zero-order valence-corrected chi connectivity index (χ0v) is 17.5. The van der Waals surface area contributed by atoms with E-state index in [0.717, 1.165) is 47.2 Å². The van der Waals surface area contributed by atoms with Crippen molar-refractivity contribution in [2.24, 2.45) is 0 Å². The topological polar surface area (TPSA) is 91.4 Å². The zero-order valence-electron chi connectivity index (χ0n) is 17.5. The van der Waals surface area contributed by atoms with Gasteiger partial charge in [0.2, 0.25) is 0 Å². The van der Waals surface area contributed by atoms with E-state index in [4.69, 9.17) is 4.74 Å². The van der Waals surface area contributed by atoms with Gasteiger partial charge in [-0.25, -0.2) is 14.8 Å². The number of carbonyl (C=O) groups is 1. The predicted octanol–water partition coefficient (Wildman–Crippen LogP) is 3.88. The lowest BCUT2D eigenvalue weighted by molar-refractivity contribution is 0.122. The molecule has 0 aliphatic carbocycles. The van der Waals surface area contributed by atoms with Gasteiger partial charge in [0.05, 0.1) is 13.2 Å². The van der Waals surface area contributed by atoms with Crippen LogP contribution in [0.3, 0.4) is 0 Å². The number of urea groups is 1. The van der Waals surface area contributed by atoms with Crippen LogP contribution in [0.15, 0.2) is 60.9 Å². The van der Waals surface area contributed by atoms with Gasteiger partial charge in [-0.3, -0.25) is 0 Å². The first-order chi connectivity index (χ1) is 15.2. The number of benzene rings is 2. The summed E-state index contributed by atoms with van der Waals surface area (Å²) in [6.07, 6.45) is 1.57. The SMILES string of the molecule is Cc1cccc(NC(=O)Nc2cccc(CNc3cc(N4CCOCC4)ncn3)c2)c1. The average molecular weight is 419 g/mol. The third-order valence-corrected chi connectivity index (χ3v) is 4.92. The van der Waals surface area contributed by atoms with Crippen molar-refractivity contribution in [2.75, 3.05) is 47.2 Å². The molecule has 8 heteroatoms. The van der Waals surface area contributed by atoms with E-state index < -0.39 is 0 Å². The first-order valence-corrected chi connectivity index (χ1v) is 10.3. The molecule has 1 aromatic heterocycles. The number of nitrogens with one attached hydrogen (secondary N) is 3. The second-order valence-electron chi connectivity index (χ2n) is 7.36. The van der Waals surface area contributed by atoms with E-state index >= 15 is 0 Å². The van der Waals surface area contributed by atoms with Gasteiger partial charge in [0.25, 0.3) is 0 Å². The first kappa shape index (κ1) is 20.6. The molecule has 1 saturated heterocycles. The van der Waals surface area contributed by atoms with E-state index in [2.05, 4.69) is 30.8 Å². The Morgan fingerprint density at radius 1 is 1.00 bits per heavy atom. The largest absolute Gasteiger partial charge is 0.378 e. The summed E-state index contributed by atoms with van der Waals surface area (Å²) < 4.78 is 5.40. The van der Waals surface area contributed by atoms with E-state index in [1.807, 2.05) is 61.5 Å². The lowest BCUT2D eigenvalue weighted by Crippen LogP contribution is -2.36. The number of ether oxygens (including phenoxy) is 1. The summed E-state index contributed by atoms with van der Waals surface area (Å²) in [6.45, 7) is 5.65. The third kappa shape index (κ3) is 5.93. The molecule has 2 heterocycles. The molecule has 0 bridgehead atoms. The van der Waals surface area contributed by atoms with E-state index in [1.165, 1.54) is 0 Å². The Morgan fingerprint density at radius 2 is 1.74 bits per heavy atom. The minimum atomic E-state index is -0.276. The number of hydrogen-bond donors (Lipinski definition) is 3. The van der Waals surface area contributed by atoms with Crippen molar-refractivity contribution in [1.29, 1.82) is 0 Å². The second kappa shape index (κ2) is 9.90. The Bertz CT molecular complexity index is 1040. The maximum Gasteiger partial charge on any atom is 0.323 e. The van der Waals surface area contributed by atoms with Crippen LogP contribution in [-0.4, -0.2) is 42.3 Å². The Morgan fingerprint density at radius 3 is 2.52 bits per heavy atom. The maximum atomic E-state index is 12.3. The normalized spacial score (nSPS) is 13.5. The summed E-state index contributed by atoms with van der Waals surface area (Å²) >= 11 is 0. The highest BCUT2D eigenvalue weighted by Crippen LogP contribution is 2.17. The number of rotatable bonds is 6. The molecular formula is C23H26N6O2. The molecule has 0 atom stereocenters. The number of aromatic nitrogens is 2. The van der Waals surface area contributed by atoms with E-state index in [1.54, 1.807) is 6.33 Å². The molecule has 4 rings (SSSR count). The van der Waals surface area contributed by atoms with Crippen LogP contribution < -0.4 is 20.9 Å². The van der Waals surface area contributed by atoms with Gasteiger partial charge in [-0.05, 0) is 42.3 Å². The van der Waals surface area contributed by atoms with Gasteiger partial charge < -0.3 is 25.6 Å². The van der Waals surface area contributed by atoms with Crippen LogP contribution in [-0.2, 0) is 11.3 Å². The summed E-state index contributed by atoms with van der Waals surface area (Å²) in [6, 6.07) is 17.1. The van der Waals surface area contributed by atoms with Gasteiger partial charge >= 0.3 is 6.03 Å². The number of anilines is 4. The van der Waals surface area contributed by atoms with Crippen molar-refractivity contribution < 1.29 is 9.53 Å². The van der Waals surface area contributed by atoms with Gasteiger partial charge in [0.1, 0.15) is 18.0 Å². The van der Waals surface area contributed by atoms with Crippen LogP contribution in [0.5, 0.6) is 0 Å². The number of carbonyl (C=O) groups excluding carboxylic acids is 1. The zero-order chi connectivity index (χ0) is 21.5. The molecule has 2 aromatic carbocycles. The highest BCUT2D eigenvalue weighted by molar-refractivity contribution is 5.99. The molecule has 160 valence electrons. The molecule has 1 fully saturated rings. The van der Waals surface area contributed by atoms with Gasteiger partial charge in [0.15, 0.2) is 0 Å². The fourth-order valence-corrected chi connectivity index (χ4v) is 3.38. The van der Waals surface area contributed by atoms with Crippen molar-refractivity contribution in [1.82, 2.24) is 9.97 Å². The predicted molar refractivity (Wildman–Crippen MR) is 123 cm³/mol. The molecule has 31 heavy (non-hydrogen) atoms. The molecule has 3 N–H and O–H groups in total. The quantitative estimate of drug-likeness (QED) is 0.563. The summed E-state index contributed by atoms with van der Waals surface area (Å²) in [7, 11) is 0. The van der Waals surface area contributed by atoms with E-state index in [0.29, 0.717) is 19.8 Å². The number of morpholine rings is 1. The molecule has 2 amide bonds.